The van der Waals surface area contributed by atoms with E-state index in [0.29, 0.717) is 5.69 Å². The molecular weight excluding hydrogens is 190 g/mol. The third-order valence-electron chi connectivity index (χ3n) is 1.95. The van der Waals surface area contributed by atoms with Gasteiger partial charge in [0, 0.05) is 32.9 Å². The van der Waals surface area contributed by atoms with E-state index < -0.39 is 0 Å². The Hall–Kier alpha value is -1.58. The van der Waals surface area contributed by atoms with Gasteiger partial charge in [0.15, 0.2) is 0 Å². The van der Waals surface area contributed by atoms with Gasteiger partial charge in [-0.15, -0.1) is 0 Å². The van der Waals surface area contributed by atoms with Crippen LogP contribution in [-0.2, 0) is 6.54 Å². The smallest absolute Gasteiger partial charge is 0.205 e. The number of nitrogens with zero attached hydrogens (tertiary/aromatic N) is 3. The van der Waals surface area contributed by atoms with Crippen molar-refractivity contribution in [2.45, 2.75) is 19.9 Å². The molecule has 0 bridgehead atoms. The van der Waals surface area contributed by atoms with Crippen LogP contribution in [0, 0.1) is 0 Å². The molecule has 15 heavy (non-hydrogen) atoms. The van der Waals surface area contributed by atoms with Crippen LogP contribution in [0.3, 0.4) is 0 Å². The molecule has 0 aliphatic heterocycles. The first-order valence-corrected chi connectivity index (χ1v) is 5.04. The number of hydrogen-bond donors (Lipinski definition) is 0. The molecule has 4 heteroatoms. The van der Waals surface area contributed by atoms with Gasteiger partial charge in [0.25, 0.3) is 0 Å². The second-order valence-electron chi connectivity index (χ2n) is 3.62. The molecule has 1 rings (SSSR count). The summed E-state index contributed by atoms with van der Waals surface area (Å²) in [5, 5.41) is 0. The van der Waals surface area contributed by atoms with Crippen molar-refractivity contribution in [2.24, 2.45) is 0 Å². The Labute approximate surface area is 90.2 Å². The number of allylic oxidation sites excluding steroid dienone is 1. The van der Waals surface area contributed by atoms with Crippen LogP contribution in [0.1, 0.15) is 23.8 Å². The van der Waals surface area contributed by atoms with E-state index in [1.165, 1.54) is 0 Å². The van der Waals surface area contributed by atoms with E-state index >= 15 is 0 Å². The molecule has 0 amide bonds. The fraction of sp³-hybridized carbons (Fsp3) is 0.455. The second-order valence-corrected chi connectivity index (χ2v) is 3.62. The Balaban J connectivity index is 2.77. The van der Waals surface area contributed by atoms with Crippen LogP contribution in [0.2, 0.25) is 0 Å². The molecule has 1 heterocycles. The van der Waals surface area contributed by atoms with Gasteiger partial charge in [-0.3, -0.25) is 4.79 Å². The van der Waals surface area contributed by atoms with E-state index in [1.807, 2.05) is 23.6 Å². The average molecular weight is 207 g/mol. The number of carbonyl (C=O) groups is 1. The number of ketones is 1. The fourth-order valence-electron chi connectivity index (χ4n) is 1.25. The highest BCUT2D eigenvalue weighted by atomic mass is 16.1. The topological polar surface area (TPSA) is 38.1 Å². The lowest BCUT2D eigenvalue weighted by Crippen LogP contribution is -2.08. The Morgan fingerprint density at radius 1 is 1.60 bits per heavy atom. The molecule has 0 aliphatic rings. The third kappa shape index (κ3) is 3.23. The zero-order valence-corrected chi connectivity index (χ0v) is 9.47. The molecule has 0 saturated heterocycles. The normalized spacial score (nSPS) is 10.9. The van der Waals surface area contributed by atoms with Gasteiger partial charge in [-0.25, -0.2) is 4.98 Å². The van der Waals surface area contributed by atoms with Gasteiger partial charge in [0.05, 0.1) is 12.5 Å². The number of aryl methyl sites for hydroxylation is 1. The number of aromatic nitrogens is 2. The zero-order chi connectivity index (χ0) is 11.3. The summed E-state index contributed by atoms with van der Waals surface area (Å²) in [6.07, 6.45) is 7.60. The van der Waals surface area contributed by atoms with Gasteiger partial charge in [-0.1, -0.05) is 6.92 Å². The maximum atomic E-state index is 11.7. The summed E-state index contributed by atoms with van der Waals surface area (Å²) in [6, 6.07) is 0. The third-order valence-corrected chi connectivity index (χ3v) is 1.95. The predicted molar refractivity (Wildman–Crippen MR) is 59.7 cm³/mol. The highest BCUT2D eigenvalue weighted by Gasteiger charge is 2.07. The van der Waals surface area contributed by atoms with Gasteiger partial charge in [0.2, 0.25) is 5.78 Å². The van der Waals surface area contributed by atoms with Crippen LogP contribution in [0.5, 0.6) is 0 Å². The van der Waals surface area contributed by atoms with Crippen molar-refractivity contribution in [1.82, 2.24) is 14.5 Å². The highest BCUT2D eigenvalue weighted by molar-refractivity contribution is 6.03. The first-order chi connectivity index (χ1) is 7.15. The molecule has 1 aromatic rings. The number of hydrogen-bond acceptors (Lipinski definition) is 3. The van der Waals surface area contributed by atoms with Crippen LogP contribution in [0.15, 0.2) is 24.8 Å². The lowest BCUT2D eigenvalue weighted by atomic mass is 10.3. The molecule has 0 atom stereocenters. The standard InChI is InChI=1S/C11H17N3O/c1-4-6-14-9-12-8-10(14)11(15)5-7-13(2)3/h5,7-9H,4,6H2,1-3H3/b7-5+. The summed E-state index contributed by atoms with van der Waals surface area (Å²) in [7, 11) is 3.76. The molecule has 0 aromatic carbocycles. The van der Waals surface area contributed by atoms with Gasteiger partial charge < -0.3 is 9.47 Å². The lowest BCUT2D eigenvalue weighted by Gasteiger charge is -2.05. The van der Waals surface area contributed by atoms with Gasteiger partial charge in [0.1, 0.15) is 5.69 Å². The first-order valence-electron chi connectivity index (χ1n) is 5.04. The van der Waals surface area contributed by atoms with Gasteiger partial charge in [-0.2, -0.15) is 0 Å². The summed E-state index contributed by atoms with van der Waals surface area (Å²) in [4.78, 5) is 17.5. The number of imidazole rings is 1. The largest absolute Gasteiger partial charge is 0.383 e. The van der Waals surface area contributed by atoms with E-state index in [0.717, 1.165) is 13.0 Å². The minimum absolute atomic E-state index is 0.00495. The molecule has 0 spiro atoms. The van der Waals surface area contributed by atoms with Crippen LogP contribution in [-0.4, -0.2) is 34.3 Å². The summed E-state index contributed by atoms with van der Waals surface area (Å²) in [5.41, 5.74) is 0.648. The summed E-state index contributed by atoms with van der Waals surface area (Å²) >= 11 is 0. The minimum atomic E-state index is -0.00495. The van der Waals surface area contributed by atoms with E-state index in [9.17, 15) is 4.79 Å². The summed E-state index contributed by atoms with van der Waals surface area (Å²) in [5.74, 6) is -0.00495. The predicted octanol–water partition coefficient (Wildman–Crippen LogP) is 1.55. The van der Waals surface area contributed by atoms with E-state index in [4.69, 9.17) is 0 Å². The van der Waals surface area contributed by atoms with Gasteiger partial charge in [-0.05, 0) is 6.42 Å². The molecule has 0 fully saturated rings. The molecule has 0 aliphatic carbocycles. The van der Waals surface area contributed by atoms with E-state index in [1.54, 1.807) is 24.8 Å². The van der Waals surface area contributed by atoms with Crippen molar-refractivity contribution in [2.75, 3.05) is 14.1 Å². The van der Waals surface area contributed by atoms with Crippen molar-refractivity contribution < 1.29 is 4.79 Å². The van der Waals surface area contributed by atoms with Crippen molar-refractivity contribution in [3.05, 3.63) is 30.5 Å². The molecular formula is C11H17N3O. The van der Waals surface area contributed by atoms with Crippen molar-refractivity contribution in [3.8, 4) is 0 Å². The van der Waals surface area contributed by atoms with Crippen LogP contribution < -0.4 is 0 Å². The average Bonchev–Trinajstić information content (AvgIpc) is 2.63. The zero-order valence-electron chi connectivity index (χ0n) is 9.47. The van der Waals surface area contributed by atoms with E-state index in [-0.39, 0.29) is 5.78 Å². The maximum Gasteiger partial charge on any atom is 0.205 e. The Bertz CT molecular complexity index is 352. The molecule has 0 N–H and O–H groups in total. The van der Waals surface area contributed by atoms with Gasteiger partial charge >= 0.3 is 0 Å². The van der Waals surface area contributed by atoms with E-state index in [2.05, 4.69) is 11.9 Å². The van der Waals surface area contributed by atoms with Crippen LogP contribution >= 0.6 is 0 Å². The Morgan fingerprint density at radius 3 is 2.93 bits per heavy atom. The highest BCUT2D eigenvalue weighted by Crippen LogP contribution is 2.03. The maximum absolute atomic E-state index is 11.7. The quantitative estimate of drug-likeness (QED) is 0.543. The molecule has 4 nitrogen and oxygen atoms in total. The molecule has 0 radical (unpaired) electrons. The number of carbonyl (C=O) groups excluding carboxylic acids is 1. The SMILES string of the molecule is CCCn1cncc1C(=O)/C=C/N(C)C. The molecule has 0 saturated carbocycles. The number of rotatable bonds is 5. The molecule has 1 aromatic heterocycles. The minimum Gasteiger partial charge on any atom is -0.383 e. The summed E-state index contributed by atoms with van der Waals surface area (Å²) < 4.78 is 1.88. The van der Waals surface area contributed by atoms with Crippen LogP contribution in [0.4, 0.5) is 0 Å². The van der Waals surface area contributed by atoms with Crippen molar-refractivity contribution in [3.63, 3.8) is 0 Å². The first kappa shape index (κ1) is 11.5. The second kappa shape index (κ2) is 5.34. The van der Waals surface area contributed by atoms with Crippen LogP contribution in [0.25, 0.3) is 0 Å². The summed E-state index contributed by atoms with van der Waals surface area (Å²) in [6.45, 7) is 2.90. The lowest BCUT2D eigenvalue weighted by molar-refractivity contribution is 0.103. The Kier molecular flexibility index (Phi) is 4.09. The Morgan fingerprint density at radius 2 is 2.33 bits per heavy atom. The fourth-order valence-corrected chi connectivity index (χ4v) is 1.25. The van der Waals surface area contributed by atoms with Crippen molar-refractivity contribution in [1.29, 1.82) is 0 Å². The molecule has 0 unspecified atom stereocenters. The van der Waals surface area contributed by atoms with Crippen molar-refractivity contribution >= 4 is 5.78 Å². The monoisotopic (exact) mass is 207 g/mol. The molecule has 82 valence electrons.